The van der Waals surface area contributed by atoms with Crippen molar-refractivity contribution in [3.8, 4) is 11.5 Å². The number of halogens is 1. The fourth-order valence-corrected chi connectivity index (χ4v) is 4.38. The van der Waals surface area contributed by atoms with E-state index in [1.165, 1.54) is 12.1 Å². The zero-order valence-corrected chi connectivity index (χ0v) is 18.8. The molecule has 2 aromatic carbocycles. The molecule has 0 unspecified atom stereocenters. The molecule has 4 rings (SSSR count). The highest BCUT2D eigenvalue weighted by molar-refractivity contribution is 5.79. The van der Waals surface area contributed by atoms with Gasteiger partial charge in [0.2, 0.25) is 5.56 Å². The van der Waals surface area contributed by atoms with Gasteiger partial charge in [-0.25, -0.2) is 4.39 Å². The maximum Gasteiger partial charge on any atom is 0.248 e. The molecule has 0 bridgehead atoms. The van der Waals surface area contributed by atoms with Gasteiger partial charge in [0.25, 0.3) is 0 Å². The number of nitrogens with zero attached hydrogens (tertiary/aromatic N) is 1. The Morgan fingerprint density at radius 1 is 1.12 bits per heavy atom. The van der Waals surface area contributed by atoms with E-state index in [-0.39, 0.29) is 11.4 Å². The Balaban J connectivity index is 1.20. The van der Waals surface area contributed by atoms with E-state index < -0.39 is 0 Å². The molecule has 170 valence electrons. The standard InChI is InChI=1S/C26H31FN2O3/c1-3-29(17-19-14-22(19)23-15-20(27)8-10-25(23)31-2)12-4-5-13-32-21-9-6-18-7-11-26(30)28-24(18)16-21/h6-11,15-16,19,22H,3-5,12-14,17H2,1-2H3,(H,28,30)/t19-,22+/m0/s1. The van der Waals surface area contributed by atoms with Gasteiger partial charge in [0.15, 0.2) is 0 Å². The monoisotopic (exact) mass is 438 g/mol. The lowest BCUT2D eigenvalue weighted by Crippen LogP contribution is -2.27. The van der Waals surface area contributed by atoms with Crippen molar-refractivity contribution in [3.05, 3.63) is 70.3 Å². The molecule has 1 aliphatic carbocycles. The van der Waals surface area contributed by atoms with Gasteiger partial charge in [-0.15, -0.1) is 0 Å². The molecule has 32 heavy (non-hydrogen) atoms. The molecule has 0 saturated heterocycles. The summed E-state index contributed by atoms with van der Waals surface area (Å²) in [7, 11) is 1.64. The molecular weight excluding hydrogens is 407 g/mol. The first-order valence-corrected chi connectivity index (χ1v) is 11.4. The molecule has 1 aromatic heterocycles. The number of unbranched alkanes of at least 4 members (excludes halogenated alkanes) is 1. The summed E-state index contributed by atoms with van der Waals surface area (Å²) in [4.78, 5) is 16.8. The van der Waals surface area contributed by atoms with Crippen LogP contribution >= 0.6 is 0 Å². The van der Waals surface area contributed by atoms with E-state index in [1.54, 1.807) is 19.2 Å². The summed E-state index contributed by atoms with van der Waals surface area (Å²) >= 11 is 0. The highest BCUT2D eigenvalue weighted by Crippen LogP contribution is 2.50. The summed E-state index contributed by atoms with van der Waals surface area (Å²) in [6, 6.07) is 13.9. The van der Waals surface area contributed by atoms with Gasteiger partial charge >= 0.3 is 0 Å². The number of pyridine rings is 1. The van der Waals surface area contributed by atoms with Crippen LogP contribution < -0.4 is 15.0 Å². The lowest BCUT2D eigenvalue weighted by molar-refractivity contribution is 0.250. The molecule has 6 heteroatoms. The fourth-order valence-electron chi connectivity index (χ4n) is 4.38. The number of aromatic amines is 1. The van der Waals surface area contributed by atoms with Gasteiger partial charge in [-0.1, -0.05) is 6.92 Å². The van der Waals surface area contributed by atoms with Crippen LogP contribution in [-0.2, 0) is 0 Å². The Morgan fingerprint density at radius 3 is 2.78 bits per heavy atom. The van der Waals surface area contributed by atoms with Gasteiger partial charge in [-0.3, -0.25) is 4.79 Å². The molecule has 1 aliphatic rings. The number of benzene rings is 2. The van der Waals surface area contributed by atoms with Gasteiger partial charge < -0.3 is 19.4 Å². The largest absolute Gasteiger partial charge is 0.496 e. The Morgan fingerprint density at radius 2 is 1.97 bits per heavy atom. The maximum absolute atomic E-state index is 13.7. The molecule has 0 radical (unpaired) electrons. The molecule has 0 amide bonds. The number of ether oxygens (including phenoxy) is 2. The first-order valence-electron chi connectivity index (χ1n) is 11.4. The Labute approximate surface area is 188 Å². The lowest BCUT2D eigenvalue weighted by atomic mass is 10.1. The van der Waals surface area contributed by atoms with Crippen LogP contribution in [0.25, 0.3) is 10.9 Å². The van der Waals surface area contributed by atoms with E-state index in [4.69, 9.17) is 9.47 Å². The van der Waals surface area contributed by atoms with E-state index >= 15 is 0 Å². The molecule has 1 fully saturated rings. The minimum atomic E-state index is -0.198. The molecule has 0 spiro atoms. The lowest BCUT2D eigenvalue weighted by Gasteiger charge is -2.20. The van der Waals surface area contributed by atoms with E-state index in [2.05, 4.69) is 16.8 Å². The third-order valence-corrected chi connectivity index (χ3v) is 6.29. The molecule has 1 saturated carbocycles. The van der Waals surface area contributed by atoms with Crippen molar-refractivity contribution in [2.24, 2.45) is 5.92 Å². The van der Waals surface area contributed by atoms with Crippen LogP contribution in [-0.4, -0.2) is 43.2 Å². The molecule has 3 aromatic rings. The topological polar surface area (TPSA) is 54.6 Å². The quantitative estimate of drug-likeness (QED) is 0.430. The zero-order chi connectivity index (χ0) is 22.5. The van der Waals surface area contributed by atoms with Crippen LogP contribution in [0.1, 0.15) is 37.7 Å². The van der Waals surface area contributed by atoms with Gasteiger partial charge in [0.1, 0.15) is 17.3 Å². The number of hydrogen-bond acceptors (Lipinski definition) is 4. The average Bonchev–Trinajstić information content (AvgIpc) is 3.56. The Hall–Kier alpha value is -2.86. The molecule has 1 heterocycles. The Bertz CT molecular complexity index is 1110. The summed E-state index contributed by atoms with van der Waals surface area (Å²) in [6.07, 6.45) is 3.11. The van der Waals surface area contributed by atoms with Crippen LogP contribution in [0, 0.1) is 11.7 Å². The summed E-state index contributed by atoms with van der Waals surface area (Å²) in [5.41, 5.74) is 1.68. The van der Waals surface area contributed by atoms with Crippen molar-refractivity contribution in [2.75, 3.05) is 33.4 Å². The molecule has 0 aliphatic heterocycles. The van der Waals surface area contributed by atoms with Gasteiger partial charge in [-0.05, 0) is 86.0 Å². The van der Waals surface area contributed by atoms with Crippen molar-refractivity contribution in [3.63, 3.8) is 0 Å². The summed E-state index contributed by atoms with van der Waals surface area (Å²) in [6.45, 7) is 5.88. The number of aromatic nitrogens is 1. The number of nitrogens with one attached hydrogen (secondary N) is 1. The second-order valence-electron chi connectivity index (χ2n) is 8.51. The van der Waals surface area contributed by atoms with Crippen LogP contribution in [0.2, 0.25) is 0 Å². The van der Waals surface area contributed by atoms with Crippen molar-refractivity contribution in [1.29, 1.82) is 0 Å². The molecule has 5 nitrogen and oxygen atoms in total. The maximum atomic E-state index is 13.7. The van der Waals surface area contributed by atoms with Gasteiger partial charge in [-0.2, -0.15) is 0 Å². The van der Waals surface area contributed by atoms with Crippen LogP contribution in [0.15, 0.2) is 53.3 Å². The number of fused-ring (bicyclic) bond motifs is 1. The van der Waals surface area contributed by atoms with E-state index in [0.29, 0.717) is 18.4 Å². The minimum absolute atomic E-state index is 0.108. The second-order valence-corrected chi connectivity index (χ2v) is 8.51. The SMILES string of the molecule is CCN(CCCCOc1ccc2ccc(=O)[nH]c2c1)C[C@@H]1C[C@H]1c1cc(F)ccc1OC. The summed E-state index contributed by atoms with van der Waals surface area (Å²) < 4.78 is 25.0. The number of rotatable bonds is 11. The van der Waals surface area contributed by atoms with Gasteiger partial charge in [0.05, 0.1) is 19.2 Å². The van der Waals surface area contributed by atoms with Crippen LogP contribution in [0.5, 0.6) is 11.5 Å². The highest BCUT2D eigenvalue weighted by Gasteiger charge is 2.40. The van der Waals surface area contributed by atoms with Crippen molar-refractivity contribution < 1.29 is 13.9 Å². The van der Waals surface area contributed by atoms with Crippen molar-refractivity contribution >= 4 is 10.9 Å². The number of methoxy groups -OCH3 is 1. The first-order chi connectivity index (χ1) is 15.6. The average molecular weight is 439 g/mol. The fraction of sp³-hybridized carbons (Fsp3) is 0.423. The third kappa shape index (κ3) is 5.49. The van der Waals surface area contributed by atoms with Gasteiger partial charge in [0, 0.05) is 24.2 Å². The molecular formula is C26H31FN2O3. The highest BCUT2D eigenvalue weighted by atomic mass is 19.1. The summed E-state index contributed by atoms with van der Waals surface area (Å²) in [5.74, 6) is 2.31. The smallest absolute Gasteiger partial charge is 0.248 e. The Kier molecular flexibility index (Phi) is 7.10. The third-order valence-electron chi connectivity index (χ3n) is 6.29. The predicted molar refractivity (Wildman–Crippen MR) is 125 cm³/mol. The number of hydrogen-bond donors (Lipinski definition) is 1. The predicted octanol–water partition coefficient (Wildman–Crippen LogP) is 4.96. The van der Waals surface area contributed by atoms with E-state index in [9.17, 15) is 9.18 Å². The minimum Gasteiger partial charge on any atom is -0.496 e. The zero-order valence-electron chi connectivity index (χ0n) is 18.8. The van der Waals surface area contributed by atoms with Crippen LogP contribution in [0.3, 0.4) is 0 Å². The first kappa shape index (κ1) is 22.3. The summed E-state index contributed by atoms with van der Waals surface area (Å²) in [5, 5.41) is 0.991. The van der Waals surface area contributed by atoms with Crippen LogP contribution in [0.4, 0.5) is 4.39 Å². The normalized spacial score (nSPS) is 17.6. The number of H-pyrrole nitrogens is 1. The van der Waals surface area contributed by atoms with E-state index in [1.807, 2.05) is 24.3 Å². The van der Waals surface area contributed by atoms with E-state index in [0.717, 1.165) is 66.9 Å². The van der Waals surface area contributed by atoms with Crippen molar-refractivity contribution in [1.82, 2.24) is 9.88 Å². The second kappa shape index (κ2) is 10.2. The molecule has 1 N–H and O–H groups in total. The molecule has 2 atom stereocenters. The van der Waals surface area contributed by atoms with Crippen molar-refractivity contribution in [2.45, 2.75) is 32.1 Å².